The standard InChI is InChI=1S/C27H35F2N5O4/c1-3-38-26(37)34-14-10-18(11-15-34)27(28,29)17-8-12-33(13-9-17)19-4-5-20-22(16-19)32(2)31-24(20)21-6-7-23(35)30-25(21)36/h4-5,16-18,21H,3,6-15H2,1-2H3,(H,30,35,36). The average Bonchev–Trinajstić information content (AvgIpc) is 3.24. The number of carbonyl (C=O) groups excluding carboxylic acids is 3. The summed E-state index contributed by atoms with van der Waals surface area (Å²) < 4.78 is 37.7. The van der Waals surface area contributed by atoms with Gasteiger partial charge in [0.2, 0.25) is 11.8 Å². The Morgan fingerprint density at radius 3 is 2.37 bits per heavy atom. The average molecular weight is 532 g/mol. The highest BCUT2D eigenvalue weighted by Gasteiger charge is 2.48. The molecule has 3 aliphatic heterocycles. The summed E-state index contributed by atoms with van der Waals surface area (Å²) in [6.45, 7) is 3.70. The minimum Gasteiger partial charge on any atom is -0.450 e. The maximum Gasteiger partial charge on any atom is 0.409 e. The molecule has 0 radical (unpaired) electrons. The van der Waals surface area contributed by atoms with E-state index in [2.05, 4.69) is 15.3 Å². The van der Waals surface area contributed by atoms with Gasteiger partial charge in [0.1, 0.15) is 0 Å². The van der Waals surface area contributed by atoms with Gasteiger partial charge in [-0.2, -0.15) is 5.10 Å². The molecule has 11 heteroatoms. The number of anilines is 1. The van der Waals surface area contributed by atoms with Gasteiger partial charge in [-0.15, -0.1) is 0 Å². The number of likely N-dealkylation sites (tertiary alicyclic amines) is 1. The first-order valence-electron chi connectivity index (χ1n) is 13.5. The maximum absolute atomic E-state index is 15.5. The van der Waals surface area contributed by atoms with Crippen molar-refractivity contribution in [3.8, 4) is 0 Å². The number of amides is 3. The number of alkyl halides is 2. The molecule has 1 aromatic heterocycles. The summed E-state index contributed by atoms with van der Waals surface area (Å²) in [6, 6.07) is 5.90. The zero-order valence-corrected chi connectivity index (χ0v) is 21.9. The summed E-state index contributed by atoms with van der Waals surface area (Å²) in [4.78, 5) is 39.5. The molecule has 1 unspecified atom stereocenters. The Morgan fingerprint density at radius 2 is 1.74 bits per heavy atom. The molecule has 0 bridgehead atoms. The Hall–Kier alpha value is -3.24. The van der Waals surface area contributed by atoms with Crippen LogP contribution in [-0.4, -0.2) is 71.3 Å². The van der Waals surface area contributed by atoms with Gasteiger partial charge < -0.3 is 14.5 Å². The first-order chi connectivity index (χ1) is 18.2. The molecule has 3 saturated heterocycles. The van der Waals surface area contributed by atoms with Gasteiger partial charge in [0.15, 0.2) is 0 Å². The molecule has 0 saturated carbocycles. The van der Waals surface area contributed by atoms with Crippen LogP contribution in [0.5, 0.6) is 0 Å². The maximum atomic E-state index is 15.5. The molecule has 3 aliphatic rings. The van der Waals surface area contributed by atoms with E-state index in [0.717, 1.165) is 16.6 Å². The predicted molar refractivity (Wildman–Crippen MR) is 137 cm³/mol. The molecule has 38 heavy (non-hydrogen) atoms. The van der Waals surface area contributed by atoms with Crippen molar-refractivity contribution in [3.05, 3.63) is 23.9 Å². The van der Waals surface area contributed by atoms with E-state index in [0.29, 0.717) is 64.0 Å². The van der Waals surface area contributed by atoms with Crippen molar-refractivity contribution < 1.29 is 27.9 Å². The fraction of sp³-hybridized carbons (Fsp3) is 0.630. The van der Waals surface area contributed by atoms with E-state index in [1.54, 1.807) is 11.6 Å². The van der Waals surface area contributed by atoms with Crippen molar-refractivity contribution in [2.24, 2.45) is 18.9 Å². The van der Waals surface area contributed by atoms with Crippen LogP contribution in [0.1, 0.15) is 57.1 Å². The zero-order chi connectivity index (χ0) is 27.0. The van der Waals surface area contributed by atoms with E-state index in [-0.39, 0.29) is 24.8 Å². The van der Waals surface area contributed by atoms with Crippen LogP contribution in [0.2, 0.25) is 0 Å². The van der Waals surface area contributed by atoms with Crippen molar-refractivity contribution in [2.45, 2.75) is 57.3 Å². The summed E-state index contributed by atoms with van der Waals surface area (Å²) >= 11 is 0. The quantitative estimate of drug-likeness (QED) is 0.590. The number of imide groups is 1. The number of aryl methyl sites for hydroxylation is 1. The zero-order valence-electron chi connectivity index (χ0n) is 21.9. The van der Waals surface area contributed by atoms with Gasteiger partial charge in [-0.25, -0.2) is 13.6 Å². The molecule has 3 fully saturated rings. The molecular weight excluding hydrogens is 496 g/mol. The van der Waals surface area contributed by atoms with E-state index >= 15 is 8.78 Å². The molecule has 3 amide bonds. The second-order valence-electron chi connectivity index (χ2n) is 10.6. The van der Waals surface area contributed by atoms with Crippen LogP contribution in [0.25, 0.3) is 10.9 Å². The number of nitrogens with one attached hydrogen (secondary N) is 1. The molecule has 2 aromatic rings. The summed E-state index contributed by atoms with van der Waals surface area (Å²) in [7, 11) is 1.82. The highest BCUT2D eigenvalue weighted by molar-refractivity contribution is 6.02. The molecule has 1 atom stereocenters. The third kappa shape index (κ3) is 4.94. The van der Waals surface area contributed by atoms with E-state index in [1.807, 2.05) is 25.2 Å². The minimum atomic E-state index is -2.77. The Kier molecular flexibility index (Phi) is 7.28. The van der Waals surface area contributed by atoms with Crippen molar-refractivity contribution in [3.63, 3.8) is 0 Å². The number of fused-ring (bicyclic) bond motifs is 1. The Balaban J connectivity index is 1.22. The first kappa shape index (κ1) is 26.4. The van der Waals surface area contributed by atoms with Crippen molar-refractivity contribution in [2.75, 3.05) is 37.7 Å². The van der Waals surface area contributed by atoms with Gasteiger partial charge in [-0.1, -0.05) is 0 Å². The molecule has 4 heterocycles. The number of piperidine rings is 3. The number of hydrogen-bond acceptors (Lipinski definition) is 6. The van der Waals surface area contributed by atoms with Crippen LogP contribution in [0.3, 0.4) is 0 Å². The second-order valence-corrected chi connectivity index (χ2v) is 10.6. The Labute approximate surface area is 220 Å². The van der Waals surface area contributed by atoms with E-state index in [4.69, 9.17) is 4.74 Å². The molecule has 0 spiro atoms. The number of ether oxygens (including phenoxy) is 1. The van der Waals surface area contributed by atoms with Crippen LogP contribution >= 0.6 is 0 Å². The molecule has 9 nitrogen and oxygen atoms in total. The van der Waals surface area contributed by atoms with E-state index < -0.39 is 29.8 Å². The summed E-state index contributed by atoms with van der Waals surface area (Å²) in [5, 5.41) is 7.85. The second kappa shape index (κ2) is 10.5. The summed E-state index contributed by atoms with van der Waals surface area (Å²) in [6.07, 6.45) is 1.68. The number of carbonyl (C=O) groups is 3. The van der Waals surface area contributed by atoms with E-state index in [9.17, 15) is 14.4 Å². The van der Waals surface area contributed by atoms with Gasteiger partial charge in [0.25, 0.3) is 5.92 Å². The molecule has 5 rings (SSSR count). The number of nitrogens with zero attached hydrogens (tertiary/aromatic N) is 4. The van der Waals surface area contributed by atoms with Crippen LogP contribution in [0, 0.1) is 11.8 Å². The number of aromatic nitrogens is 2. The first-order valence-corrected chi connectivity index (χ1v) is 13.5. The van der Waals surface area contributed by atoms with Crippen LogP contribution in [0.4, 0.5) is 19.3 Å². The summed E-state index contributed by atoms with van der Waals surface area (Å²) in [5.41, 5.74) is 2.47. The van der Waals surface area contributed by atoms with Crippen LogP contribution in [0.15, 0.2) is 18.2 Å². The highest BCUT2D eigenvalue weighted by atomic mass is 19.3. The number of hydrogen-bond donors (Lipinski definition) is 1. The molecule has 0 aliphatic carbocycles. The predicted octanol–water partition coefficient (Wildman–Crippen LogP) is 3.81. The Bertz CT molecular complexity index is 1220. The van der Waals surface area contributed by atoms with Crippen LogP contribution in [-0.2, 0) is 21.4 Å². The van der Waals surface area contributed by atoms with Gasteiger partial charge in [-0.05, 0) is 57.2 Å². The lowest BCUT2D eigenvalue weighted by molar-refractivity contribution is -0.134. The fourth-order valence-corrected chi connectivity index (χ4v) is 6.20. The van der Waals surface area contributed by atoms with Crippen molar-refractivity contribution in [1.29, 1.82) is 0 Å². The number of halogens is 2. The smallest absolute Gasteiger partial charge is 0.409 e. The van der Waals surface area contributed by atoms with Crippen molar-refractivity contribution >= 4 is 34.5 Å². The SMILES string of the molecule is CCOC(=O)N1CCC(C(F)(F)C2CCN(c3ccc4c(C5CCC(=O)NC5=O)nn(C)c4c3)CC2)CC1. The van der Waals surface area contributed by atoms with Gasteiger partial charge in [0.05, 0.1) is 23.7 Å². The normalized spacial score (nSPS) is 22.2. The molecular formula is C27H35F2N5O4. The third-order valence-corrected chi connectivity index (χ3v) is 8.40. The lowest BCUT2D eigenvalue weighted by Gasteiger charge is -2.42. The largest absolute Gasteiger partial charge is 0.450 e. The van der Waals surface area contributed by atoms with Gasteiger partial charge in [-0.3, -0.25) is 19.6 Å². The van der Waals surface area contributed by atoms with Crippen LogP contribution < -0.4 is 10.2 Å². The number of rotatable bonds is 5. The highest BCUT2D eigenvalue weighted by Crippen LogP contribution is 2.44. The third-order valence-electron chi connectivity index (χ3n) is 8.40. The lowest BCUT2D eigenvalue weighted by Crippen LogP contribution is -2.48. The molecule has 1 N–H and O–H groups in total. The van der Waals surface area contributed by atoms with Gasteiger partial charge >= 0.3 is 6.09 Å². The molecule has 1 aromatic carbocycles. The van der Waals surface area contributed by atoms with Gasteiger partial charge in [0, 0.05) is 62.6 Å². The topological polar surface area (TPSA) is 96.8 Å². The van der Waals surface area contributed by atoms with E-state index in [1.165, 1.54) is 4.90 Å². The van der Waals surface area contributed by atoms with Crippen molar-refractivity contribution in [1.82, 2.24) is 20.0 Å². The summed E-state index contributed by atoms with van der Waals surface area (Å²) in [5.74, 6) is -5.22. The Morgan fingerprint density at radius 1 is 1.08 bits per heavy atom. The lowest BCUT2D eigenvalue weighted by atomic mass is 9.79. The monoisotopic (exact) mass is 531 g/mol. The molecule has 206 valence electrons. The fourth-order valence-electron chi connectivity index (χ4n) is 6.20. The number of benzene rings is 1. The minimum absolute atomic E-state index is 0.259.